The van der Waals surface area contributed by atoms with E-state index in [0.29, 0.717) is 12.0 Å². The third kappa shape index (κ3) is 9.10. The van der Waals surface area contributed by atoms with Crippen molar-refractivity contribution in [1.29, 1.82) is 0 Å². The maximum absolute atomic E-state index is 10.7. The Balaban J connectivity index is 2.18. The summed E-state index contributed by atoms with van der Waals surface area (Å²) in [5.74, 6) is 0.652. The fraction of sp³-hybridized carbons (Fsp3) is 0.682. The van der Waals surface area contributed by atoms with Gasteiger partial charge in [-0.15, -0.1) is 0 Å². The highest BCUT2D eigenvalue weighted by atomic mass is 16.4. The number of unbranched alkanes of at least 4 members (excludes halogenated alkanes) is 5. The number of carboxylic acid groups (broad SMARTS) is 1. The van der Waals surface area contributed by atoms with Gasteiger partial charge < -0.3 is 5.11 Å². The van der Waals surface area contributed by atoms with Crippen molar-refractivity contribution < 1.29 is 9.90 Å². The van der Waals surface area contributed by atoms with Crippen LogP contribution in [0.25, 0.3) is 0 Å². The van der Waals surface area contributed by atoms with Crippen LogP contribution in [0.5, 0.6) is 0 Å². The molecule has 0 aromatic rings. The van der Waals surface area contributed by atoms with Crippen molar-refractivity contribution in [3.63, 3.8) is 0 Å². The second-order valence-corrected chi connectivity index (χ2v) is 7.14. The van der Waals surface area contributed by atoms with Gasteiger partial charge in [0.05, 0.1) is 0 Å². The van der Waals surface area contributed by atoms with Gasteiger partial charge >= 0.3 is 5.97 Å². The minimum absolute atomic E-state index is 0.306. The van der Waals surface area contributed by atoms with Crippen LogP contribution in [-0.4, -0.2) is 11.1 Å². The highest BCUT2D eigenvalue weighted by molar-refractivity contribution is 5.85. The lowest BCUT2D eigenvalue weighted by Crippen LogP contribution is -2.03. The Morgan fingerprint density at radius 1 is 1.08 bits per heavy atom. The summed E-state index contributed by atoms with van der Waals surface area (Å²) in [5, 5.41) is 8.78. The molecule has 0 aromatic carbocycles. The first-order valence-electron chi connectivity index (χ1n) is 9.87. The fourth-order valence-electron chi connectivity index (χ4n) is 3.50. The lowest BCUT2D eigenvalue weighted by molar-refractivity contribution is -0.132. The molecule has 0 bridgehead atoms. The molecule has 0 radical (unpaired) electrons. The van der Waals surface area contributed by atoms with Crippen molar-refractivity contribution in [1.82, 2.24) is 0 Å². The third-order valence-corrected chi connectivity index (χ3v) is 5.10. The highest BCUT2D eigenvalue weighted by Gasteiger charge is 2.23. The Hall–Kier alpha value is -1.31. The van der Waals surface area contributed by atoms with E-state index in [4.69, 9.17) is 5.11 Å². The van der Waals surface area contributed by atoms with Gasteiger partial charge in [0.1, 0.15) is 0 Å². The molecule has 0 aliphatic heterocycles. The average Bonchev–Trinajstić information content (AvgIpc) is 3.00. The van der Waals surface area contributed by atoms with Crippen LogP contribution in [0.1, 0.15) is 84.0 Å². The zero-order valence-corrected chi connectivity index (χ0v) is 15.5. The number of rotatable bonds is 13. The Morgan fingerprint density at radius 3 is 2.62 bits per heavy atom. The Kier molecular flexibility index (Phi) is 11.3. The Bertz CT molecular complexity index is 420. The summed E-state index contributed by atoms with van der Waals surface area (Å²) >= 11 is 0. The summed E-state index contributed by atoms with van der Waals surface area (Å²) in [6.07, 6.45) is 23.8. The van der Waals surface area contributed by atoms with Crippen LogP contribution in [-0.2, 0) is 4.79 Å². The minimum atomic E-state index is -0.876. The van der Waals surface area contributed by atoms with Gasteiger partial charge in [-0.2, -0.15) is 0 Å². The van der Waals surface area contributed by atoms with Crippen LogP contribution < -0.4 is 0 Å². The minimum Gasteiger partial charge on any atom is -0.478 e. The van der Waals surface area contributed by atoms with E-state index >= 15 is 0 Å². The van der Waals surface area contributed by atoms with E-state index < -0.39 is 5.97 Å². The maximum Gasteiger partial charge on any atom is 0.330 e. The first-order chi connectivity index (χ1) is 11.6. The molecule has 1 saturated carbocycles. The van der Waals surface area contributed by atoms with E-state index in [1.807, 2.05) is 0 Å². The van der Waals surface area contributed by atoms with Gasteiger partial charge in [0.15, 0.2) is 0 Å². The van der Waals surface area contributed by atoms with Crippen molar-refractivity contribution in [3.8, 4) is 0 Å². The molecule has 1 aliphatic carbocycles. The quantitative estimate of drug-likeness (QED) is 0.232. The molecule has 1 fully saturated rings. The zero-order valence-electron chi connectivity index (χ0n) is 15.5. The van der Waals surface area contributed by atoms with E-state index in [9.17, 15) is 4.79 Å². The normalized spacial score (nSPS) is 21.0. The molecular weight excluding hydrogens is 296 g/mol. The predicted octanol–water partition coefficient (Wildman–Crippen LogP) is 6.69. The van der Waals surface area contributed by atoms with E-state index in [1.165, 1.54) is 57.8 Å². The molecule has 24 heavy (non-hydrogen) atoms. The lowest BCUT2D eigenvalue weighted by atomic mass is 9.92. The smallest absolute Gasteiger partial charge is 0.330 e. The summed E-state index contributed by atoms with van der Waals surface area (Å²) < 4.78 is 0. The van der Waals surface area contributed by atoms with Crippen molar-refractivity contribution in [2.45, 2.75) is 84.0 Å². The molecule has 1 aliphatic rings. The first kappa shape index (κ1) is 20.7. The molecule has 2 heteroatoms. The summed E-state index contributed by atoms with van der Waals surface area (Å²) in [5.41, 5.74) is 0.306. The van der Waals surface area contributed by atoms with Gasteiger partial charge in [-0.3, -0.25) is 0 Å². The van der Waals surface area contributed by atoms with Crippen LogP contribution >= 0.6 is 0 Å². The van der Waals surface area contributed by atoms with Crippen molar-refractivity contribution >= 4 is 5.97 Å². The molecule has 0 amide bonds. The monoisotopic (exact) mass is 332 g/mol. The van der Waals surface area contributed by atoms with E-state index in [2.05, 4.69) is 37.8 Å². The van der Waals surface area contributed by atoms with Gasteiger partial charge in [0.25, 0.3) is 0 Å². The molecule has 0 heterocycles. The number of hydrogen-bond acceptors (Lipinski definition) is 1. The molecule has 0 spiro atoms. The second kappa shape index (κ2) is 13.0. The molecule has 2 nitrogen and oxygen atoms in total. The summed E-state index contributed by atoms with van der Waals surface area (Å²) in [6, 6.07) is 0. The second-order valence-electron chi connectivity index (χ2n) is 7.14. The standard InChI is InChI=1S/C22H36O2/c1-3-4-5-6-7-8-11-15-20-17-13-18-21(20)16-12-9-10-14-19(2)22(23)24/h9,11-12,15,20-21H,2-8,10,13-14,16-18H2,1H3,(H,23,24)/t20-,21-/m0/s1. The maximum atomic E-state index is 10.7. The first-order valence-corrected chi connectivity index (χ1v) is 9.87. The van der Waals surface area contributed by atoms with Crippen molar-refractivity contribution in [2.24, 2.45) is 11.8 Å². The number of aliphatic carboxylic acids is 1. The Labute approximate surface area is 148 Å². The zero-order chi connectivity index (χ0) is 17.6. The molecular formula is C22H36O2. The highest BCUT2D eigenvalue weighted by Crippen LogP contribution is 2.35. The molecule has 1 N–H and O–H groups in total. The molecule has 136 valence electrons. The van der Waals surface area contributed by atoms with Crippen molar-refractivity contribution in [3.05, 3.63) is 36.5 Å². The van der Waals surface area contributed by atoms with Crippen LogP contribution in [0.3, 0.4) is 0 Å². The van der Waals surface area contributed by atoms with Gasteiger partial charge in [0, 0.05) is 5.57 Å². The Morgan fingerprint density at radius 2 is 1.88 bits per heavy atom. The van der Waals surface area contributed by atoms with Crippen molar-refractivity contribution in [2.75, 3.05) is 0 Å². The third-order valence-electron chi connectivity index (χ3n) is 5.10. The molecule has 0 aromatic heterocycles. The summed E-state index contributed by atoms with van der Waals surface area (Å²) in [7, 11) is 0. The van der Waals surface area contributed by atoms with E-state index in [0.717, 1.165) is 24.7 Å². The molecule has 1 rings (SSSR count). The van der Waals surface area contributed by atoms with E-state index in [-0.39, 0.29) is 0 Å². The average molecular weight is 333 g/mol. The van der Waals surface area contributed by atoms with Gasteiger partial charge in [-0.1, -0.05) is 69.9 Å². The molecule has 0 saturated heterocycles. The van der Waals surface area contributed by atoms with Crippen LogP contribution in [0.2, 0.25) is 0 Å². The van der Waals surface area contributed by atoms with Crippen LogP contribution in [0.4, 0.5) is 0 Å². The number of allylic oxidation sites excluding steroid dienone is 4. The molecule has 0 unspecified atom stereocenters. The summed E-state index contributed by atoms with van der Waals surface area (Å²) in [4.78, 5) is 10.7. The summed E-state index contributed by atoms with van der Waals surface area (Å²) in [6.45, 7) is 5.82. The fourth-order valence-corrected chi connectivity index (χ4v) is 3.50. The van der Waals surface area contributed by atoms with Crippen LogP contribution in [0, 0.1) is 11.8 Å². The largest absolute Gasteiger partial charge is 0.478 e. The SMILES string of the molecule is C=C(CCC=CC[C@H]1CCC[C@@H]1C=CCCCCCCC)C(=O)O. The van der Waals surface area contributed by atoms with Gasteiger partial charge in [-0.05, 0) is 56.8 Å². The van der Waals surface area contributed by atoms with E-state index in [1.54, 1.807) is 0 Å². The van der Waals surface area contributed by atoms with Gasteiger partial charge in [0.2, 0.25) is 0 Å². The number of carboxylic acids is 1. The lowest BCUT2D eigenvalue weighted by Gasteiger charge is -2.14. The number of hydrogen-bond donors (Lipinski definition) is 1. The van der Waals surface area contributed by atoms with Gasteiger partial charge in [-0.25, -0.2) is 4.79 Å². The number of carbonyl (C=O) groups is 1. The topological polar surface area (TPSA) is 37.3 Å². The predicted molar refractivity (Wildman–Crippen MR) is 103 cm³/mol. The molecule has 2 atom stereocenters. The van der Waals surface area contributed by atoms with Crippen LogP contribution in [0.15, 0.2) is 36.5 Å².